The predicted molar refractivity (Wildman–Crippen MR) is 33.4 cm³/mol. The molecular weight excluding hydrogens is 178 g/mol. The molecular formula is CH3Cl2O2PS. The summed E-state index contributed by atoms with van der Waals surface area (Å²) in [6.45, 7) is 0. The van der Waals surface area contributed by atoms with Crippen LogP contribution < -0.4 is 0 Å². The maximum Gasteiger partial charge on any atom is 0.335 e. The van der Waals surface area contributed by atoms with Gasteiger partial charge in [0, 0.05) is 6.26 Å². The zero-order valence-electron chi connectivity index (χ0n) is 3.43. The molecule has 44 valence electrons. The SMILES string of the molecule is CS(=O)P(=O)(Cl)Cl. The molecule has 0 radical (unpaired) electrons. The molecule has 0 aliphatic heterocycles. The van der Waals surface area contributed by atoms with Gasteiger partial charge in [-0.1, -0.05) is 0 Å². The molecule has 0 heterocycles. The number of hydrogen-bond acceptors (Lipinski definition) is 2. The van der Waals surface area contributed by atoms with Crippen molar-refractivity contribution in [2.75, 3.05) is 6.26 Å². The largest absolute Gasteiger partial charge is 0.335 e. The van der Waals surface area contributed by atoms with E-state index in [0.717, 1.165) is 0 Å². The van der Waals surface area contributed by atoms with Gasteiger partial charge >= 0.3 is 5.05 Å². The molecule has 0 saturated heterocycles. The van der Waals surface area contributed by atoms with Crippen LogP contribution in [0.3, 0.4) is 0 Å². The summed E-state index contributed by atoms with van der Waals surface area (Å²) < 4.78 is 20.2. The van der Waals surface area contributed by atoms with Crippen LogP contribution in [-0.2, 0) is 15.0 Å². The highest BCUT2D eigenvalue weighted by Gasteiger charge is 2.17. The van der Waals surface area contributed by atoms with Crippen molar-refractivity contribution in [2.24, 2.45) is 0 Å². The van der Waals surface area contributed by atoms with Crippen molar-refractivity contribution in [3.05, 3.63) is 0 Å². The lowest BCUT2D eigenvalue weighted by Gasteiger charge is -1.89. The van der Waals surface area contributed by atoms with Crippen LogP contribution in [0.4, 0.5) is 0 Å². The Bertz CT molecular complexity index is 128. The summed E-state index contributed by atoms with van der Waals surface area (Å²) in [5.74, 6) is 0. The Morgan fingerprint density at radius 2 is 1.71 bits per heavy atom. The van der Waals surface area contributed by atoms with Crippen molar-refractivity contribution in [1.29, 1.82) is 0 Å². The second kappa shape index (κ2) is 2.49. The first-order chi connectivity index (χ1) is 2.94. The highest BCUT2D eigenvalue weighted by molar-refractivity contribution is 8.65. The molecule has 2 nitrogen and oxygen atoms in total. The smallest absolute Gasteiger partial charge is 0.274 e. The molecule has 7 heavy (non-hydrogen) atoms. The van der Waals surface area contributed by atoms with Crippen LogP contribution >= 0.6 is 27.5 Å². The summed E-state index contributed by atoms with van der Waals surface area (Å²) in [6, 6.07) is 0. The molecule has 0 amide bonds. The van der Waals surface area contributed by atoms with Crippen molar-refractivity contribution in [1.82, 2.24) is 0 Å². The van der Waals surface area contributed by atoms with Gasteiger partial charge in [-0.25, -0.2) is 4.21 Å². The Morgan fingerprint density at radius 3 is 1.71 bits per heavy atom. The Labute approximate surface area is 53.3 Å². The van der Waals surface area contributed by atoms with E-state index in [-0.39, 0.29) is 0 Å². The van der Waals surface area contributed by atoms with E-state index in [0.29, 0.717) is 0 Å². The van der Waals surface area contributed by atoms with Crippen LogP contribution in [0.15, 0.2) is 0 Å². The molecule has 0 aromatic rings. The van der Waals surface area contributed by atoms with E-state index >= 15 is 0 Å². The maximum atomic E-state index is 10.1. The zero-order valence-corrected chi connectivity index (χ0v) is 6.65. The number of hydrogen-bond donors (Lipinski definition) is 0. The summed E-state index contributed by atoms with van der Waals surface area (Å²) in [6.07, 6.45) is 1.20. The monoisotopic (exact) mass is 180 g/mol. The second-order valence-corrected chi connectivity index (χ2v) is 10.2. The first-order valence-corrected chi connectivity index (χ1v) is 6.96. The van der Waals surface area contributed by atoms with Crippen LogP contribution in [0.2, 0.25) is 0 Å². The van der Waals surface area contributed by atoms with E-state index in [1.54, 1.807) is 0 Å². The molecule has 0 N–H and O–H groups in total. The molecule has 0 rings (SSSR count). The van der Waals surface area contributed by atoms with E-state index < -0.39 is 15.5 Å². The fraction of sp³-hybridized carbons (Fsp3) is 1.00. The topological polar surface area (TPSA) is 34.1 Å². The van der Waals surface area contributed by atoms with Crippen LogP contribution in [0, 0.1) is 0 Å². The van der Waals surface area contributed by atoms with E-state index in [1.165, 1.54) is 6.26 Å². The average molecular weight is 181 g/mol. The molecule has 0 bridgehead atoms. The van der Waals surface area contributed by atoms with Gasteiger partial charge in [0.25, 0.3) is 0 Å². The van der Waals surface area contributed by atoms with Crippen molar-refractivity contribution in [3.8, 4) is 0 Å². The molecule has 1 unspecified atom stereocenters. The lowest BCUT2D eigenvalue weighted by atomic mass is 12.0. The van der Waals surface area contributed by atoms with Gasteiger partial charge in [0.2, 0.25) is 0 Å². The molecule has 0 saturated carbocycles. The Balaban J connectivity index is 4.09. The molecule has 0 fully saturated rings. The summed E-state index contributed by atoms with van der Waals surface area (Å²) >= 11 is 9.78. The normalized spacial score (nSPS) is 16.4. The predicted octanol–water partition coefficient (Wildman–Crippen LogP) is 1.95. The fourth-order valence-corrected chi connectivity index (χ4v) is 0. The fourth-order valence-electron chi connectivity index (χ4n) is 0. The third-order valence-electron chi connectivity index (χ3n) is 0.299. The van der Waals surface area contributed by atoms with Gasteiger partial charge in [0.15, 0.2) is 0 Å². The van der Waals surface area contributed by atoms with Crippen molar-refractivity contribution in [3.63, 3.8) is 0 Å². The van der Waals surface area contributed by atoms with E-state index in [9.17, 15) is 8.77 Å². The minimum Gasteiger partial charge on any atom is -0.274 e. The van der Waals surface area contributed by atoms with Gasteiger partial charge in [-0.15, -0.1) is 0 Å². The highest BCUT2D eigenvalue weighted by Crippen LogP contribution is 2.59. The van der Waals surface area contributed by atoms with Crippen molar-refractivity contribution < 1.29 is 8.77 Å². The maximum absolute atomic E-state index is 10.1. The van der Waals surface area contributed by atoms with Gasteiger partial charge in [0.1, 0.15) is 10.4 Å². The molecule has 0 spiro atoms. The molecule has 6 heteroatoms. The summed E-state index contributed by atoms with van der Waals surface area (Å²) in [4.78, 5) is 0. The van der Waals surface area contributed by atoms with Crippen LogP contribution in [0.25, 0.3) is 0 Å². The minimum absolute atomic E-state index is 1.20. The van der Waals surface area contributed by atoms with Crippen LogP contribution in [-0.4, -0.2) is 10.5 Å². The van der Waals surface area contributed by atoms with Crippen LogP contribution in [0.5, 0.6) is 0 Å². The Morgan fingerprint density at radius 1 is 1.57 bits per heavy atom. The molecule has 1 atom stereocenters. The number of rotatable bonds is 1. The highest BCUT2D eigenvalue weighted by atomic mass is 35.9. The third kappa shape index (κ3) is 3.53. The lowest BCUT2D eigenvalue weighted by Crippen LogP contribution is -1.72. The summed E-state index contributed by atoms with van der Waals surface area (Å²) in [5, 5.41) is -3.32. The molecule has 0 aliphatic carbocycles. The third-order valence-corrected chi connectivity index (χ3v) is 6.19. The van der Waals surface area contributed by atoms with Gasteiger partial charge in [0.05, 0.1) is 0 Å². The Kier molecular flexibility index (Phi) is 2.83. The van der Waals surface area contributed by atoms with Gasteiger partial charge in [-0.2, -0.15) is 0 Å². The van der Waals surface area contributed by atoms with Crippen molar-refractivity contribution >= 4 is 38.0 Å². The first kappa shape index (κ1) is 7.96. The average Bonchev–Trinajstić information content (AvgIpc) is 1.31. The van der Waals surface area contributed by atoms with Crippen molar-refractivity contribution in [2.45, 2.75) is 0 Å². The molecule has 0 aromatic carbocycles. The standard InChI is InChI=1S/CH3Cl2O2PS/c1-7(5)6(2,3)4/h1H3. The van der Waals surface area contributed by atoms with Gasteiger partial charge in [-0.3, -0.25) is 4.57 Å². The van der Waals surface area contributed by atoms with E-state index in [2.05, 4.69) is 0 Å². The van der Waals surface area contributed by atoms with Gasteiger partial charge in [-0.05, 0) is 22.5 Å². The van der Waals surface area contributed by atoms with Gasteiger partial charge < -0.3 is 0 Å². The molecule has 0 aromatic heterocycles. The zero-order chi connectivity index (χ0) is 6.08. The lowest BCUT2D eigenvalue weighted by molar-refractivity contribution is 0.598. The Hall–Kier alpha value is 0.960. The summed E-state index contributed by atoms with van der Waals surface area (Å²) in [7, 11) is -1.60. The quantitative estimate of drug-likeness (QED) is 0.579. The summed E-state index contributed by atoms with van der Waals surface area (Å²) in [5.41, 5.74) is 0. The van der Waals surface area contributed by atoms with E-state index in [4.69, 9.17) is 22.5 Å². The minimum atomic E-state index is -3.32. The first-order valence-electron chi connectivity index (χ1n) is 1.28. The van der Waals surface area contributed by atoms with Crippen LogP contribution in [0.1, 0.15) is 0 Å². The molecule has 0 aliphatic rings. The number of halogens is 2. The van der Waals surface area contributed by atoms with E-state index in [1.807, 2.05) is 0 Å². The second-order valence-electron chi connectivity index (χ2n) is 0.838.